The van der Waals surface area contributed by atoms with Crippen molar-refractivity contribution in [3.05, 3.63) is 55.1 Å². The van der Waals surface area contributed by atoms with Crippen LogP contribution in [0.1, 0.15) is 66.5 Å². The number of ether oxygens (including phenoxy) is 2. The Kier molecular flexibility index (Phi) is 7.98. The first kappa shape index (κ1) is 25.4. The van der Waals surface area contributed by atoms with Crippen molar-refractivity contribution < 1.29 is 19.1 Å². The molecule has 0 bridgehead atoms. The lowest BCUT2D eigenvalue weighted by Gasteiger charge is -2.33. The van der Waals surface area contributed by atoms with E-state index < -0.39 is 23.8 Å². The van der Waals surface area contributed by atoms with Crippen LogP contribution in [-0.2, 0) is 14.3 Å². The van der Waals surface area contributed by atoms with Gasteiger partial charge in [0.05, 0.1) is 28.5 Å². The Morgan fingerprint density at radius 3 is 2.52 bits per heavy atom. The van der Waals surface area contributed by atoms with E-state index in [1.165, 1.54) is 11.3 Å². The Bertz CT molecular complexity index is 1150. The Hall–Kier alpha value is -2.22. The molecular weight excluding hydrogens is 483 g/mol. The number of benzene rings is 1. The van der Waals surface area contributed by atoms with Crippen LogP contribution in [0.4, 0.5) is 0 Å². The maximum absolute atomic E-state index is 13.3. The van der Waals surface area contributed by atoms with Gasteiger partial charge in [0.1, 0.15) is 15.8 Å². The highest BCUT2D eigenvalue weighted by molar-refractivity contribution is 7.14. The molecule has 0 saturated carbocycles. The number of aliphatic imine (C=N–C) groups is 1. The molecule has 0 amide bonds. The molecule has 0 radical (unpaired) electrons. The van der Waals surface area contributed by atoms with Crippen LogP contribution in [0.25, 0.3) is 5.57 Å². The van der Waals surface area contributed by atoms with E-state index in [0.717, 1.165) is 0 Å². The molecule has 1 aliphatic rings. The number of thiazole rings is 1. The first-order chi connectivity index (χ1) is 15.6. The number of hydrogen-bond acceptors (Lipinski definition) is 7. The SMILES string of the molecule is CCOC(=O)c1sc(C2=C(C)N=C(C)C(C(=O)OC(C)C)C2c2cccc(Cl)c2Cl)nc1C. The standard InChI is InChI=1S/C24H26Cl2N2O4S/c1-7-31-24(30)21-14(6)28-22(33-21)17-12(4)27-13(5)18(23(29)32-11(2)3)19(17)15-9-8-10-16(25)20(15)26/h8-11,18-19H,7H2,1-6H3. The van der Waals surface area contributed by atoms with Gasteiger partial charge in [0.25, 0.3) is 0 Å². The summed E-state index contributed by atoms with van der Waals surface area (Å²) < 4.78 is 10.8. The van der Waals surface area contributed by atoms with Crippen LogP contribution in [0.3, 0.4) is 0 Å². The summed E-state index contributed by atoms with van der Waals surface area (Å²) in [5, 5.41) is 1.31. The Morgan fingerprint density at radius 1 is 1.18 bits per heavy atom. The Morgan fingerprint density at radius 2 is 1.88 bits per heavy atom. The number of rotatable bonds is 6. The molecule has 0 aliphatic carbocycles. The zero-order valence-corrected chi connectivity index (χ0v) is 21.7. The number of carbonyl (C=O) groups excluding carboxylic acids is 2. The van der Waals surface area contributed by atoms with E-state index in [1.54, 1.807) is 46.8 Å². The molecule has 3 rings (SSSR count). The van der Waals surface area contributed by atoms with Gasteiger partial charge in [-0.05, 0) is 53.2 Å². The number of nitrogens with zero attached hydrogens (tertiary/aromatic N) is 2. The largest absolute Gasteiger partial charge is 0.462 e. The van der Waals surface area contributed by atoms with E-state index in [9.17, 15) is 9.59 Å². The molecule has 33 heavy (non-hydrogen) atoms. The maximum atomic E-state index is 13.3. The number of esters is 2. The monoisotopic (exact) mass is 508 g/mol. The van der Waals surface area contributed by atoms with Gasteiger partial charge < -0.3 is 9.47 Å². The van der Waals surface area contributed by atoms with Crippen molar-refractivity contribution in [1.29, 1.82) is 0 Å². The minimum absolute atomic E-state index is 0.264. The first-order valence-electron chi connectivity index (χ1n) is 10.6. The second-order valence-electron chi connectivity index (χ2n) is 7.99. The van der Waals surface area contributed by atoms with Crippen LogP contribution >= 0.6 is 34.5 Å². The van der Waals surface area contributed by atoms with Crippen LogP contribution in [0.15, 0.2) is 28.9 Å². The van der Waals surface area contributed by atoms with Gasteiger partial charge in [0.15, 0.2) is 0 Å². The molecule has 2 unspecified atom stereocenters. The van der Waals surface area contributed by atoms with Crippen molar-refractivity contribution in [2.75, 3.05) is 6.61 Å². The van der Waals surface area contributed by atoms with Gasteiger partial charge >= 0.3 is 11.9 Å². The minimum atomic E-state index is -0.725. The average molecular weight is 509 g/mol. The number of allylic oxidation sites excluding steroid dienone is 2. The number of aromatic nitrogens is 1. The molecule has 0 saturated heterocycles. The van der Waals surface area contributed by atoms with E-state index in [0.29, 0.717) is 48.2 Å². The van der Waals surface area contributed by atoms with Gasteiger partial charge in [-0.3, -0.25) is 9.79 Å². The highest BCUT2D eigenvalue weighted by Crippen LogP contribution is 2.48. The molecule has 1 aliphatic heterocycles. The summed E-state index contributed by atoms with van der Waals surface area (Å²) in [6, 6.07) is 5.33. The molecule has 2 atom stereocenters. The number of carbonyl (C=O) groups is 2. The van der Waals surface area contributed by atoms with Crippen molar-refractivity contribution in [3.63, 3.8) is 0 Å². The molecule has 9 heteroatoms. The van der Waals surface area contributed by atoms with Crippen molar-refractivity contribution in [2.24, 2.45) is 10.9 Å². The van der Waals surface area contributed by atoms with Crippen molar-refractivity contribution in [2.45, 2.75) is 53.6 Å². The van der Waals surface area contributed by atoms with Crippen LogP contribution in [0.2, 0.25) is 10.0 Å². The summed E-state index contributed by atoms with van der Waals surface area (Å²) in [6.45, 7) is 11.0. The van der Waals surface area contributed by atoms with E-state index >= 15 is 0 Å². The van der Waals surface area contributed by atoms with Gasteiger partial charge in [-0.1, -0.05) is 35.3 Å². The molecule has 2 heterocycles. The fourth-order valence-electron chi connectivity index (χ4n) is 3.92. The third-order valence-corrected chi connectivity index (χ3v) is 7.24. The summed E-state index contributed by atoms with van der Waals surface area (Å²) >= 11 is 14.2. The van der Waals surface area contributed by atoms with Gasteiger partial charge in [-0.15, -0.1) is 11.3 Å². The number of aryl methyl sites for hydroxylation is 1. The number of halogens is 2. The maximum Gasteiger partial charge on any atom is 0.350 e. The summed E-state index contributed by atoms with van der Waals surface area (Å²) in [4.78, 5) is 35.4. The lowest BCUT2D eigenvalue weighted by molar-refractivity contribution is -0.150. The fraction of sp³-hybridized carbons (Fsp3) is 0.417. The lowest BCUT2D eigenvalue weighted by Crippen LogP contribution is -2.35. The molecule has 0 spiro atoms. The van der Waals surface area contributed by atoms with E-state index in [2.05, 4.69) is 9.98 Å². The molecule has 176 valence electrons. The van der Waals surface area contributed by atoms with Crippen LogP contribution in [0, 0.1) is 12.8 Å². The summed E-state index contributed by atoms with van der Waals surface area (Å²) in [5.74, 6) is -2.10. The van der Waals surface area contributed by atoms with Gasteiger partial charge in [-0.25, -0.2) is 9.78 Å². The quantitative estimate of drug-likeness (QED) is 0.416. The van der Waals surface area contributed by atoms with Gasteiger partial charge in [-0.2, -0.15) is 0 Å². The molecule has 0 N–H and O–H groups in total. The smallest absolute Gasteiger partial charge is 0.350 e. The van der Waals surface area contributed by atoms with Crippen molar-refractivity contribution in [3.8, 4) is 0 Å². The van der Waals surface area contributed by atoms with Crippen molar-refractivity contribution in [1.82, 2.24) is 4.98 Å². The average Bonchev–Trinajstić information content (AvgIpc) is 3.10. The Balaban J connectivity index is 2.24. The molecule has 1 aromatic heterocycles. The number of hydrogen-bond donors (Lipinski definition) is 0. The van der Waals surface area contributed by atoms with Crippen LogP contribution in [-0.4, -0.2) is 35.3 Å². The van der Waals surface area contributed by atoms with Crippen LogP contribution < -0.4 is 0 Å². The first-order valence-corrected chi connectivity index (χ1v) is 12.2. The lowest BCUT2D eigenvalue weighted by atomic mass is 9.75. The zero-order valence-electron chi connectivity index (χ0n) is 19.4. The highest BCUT2D eigenvalue weighted by atomic mass is 35.5. The second kappa shape index (κ2) is 10.4. The molecule has 6 nitrogen and oxygen atoms in total. The summed E-state index contributed by atoms with van der Waals surface area (Å²) in [7, 11) is 0. The van der Waals surface area contributed by atoms with Crippen molar-refractivity contribution >= 4 is 57.8 Å². The van der Waals surface area contributed by atoms with Crippen LogP contribution in [0.5, 0.6) is 0 Å². The van der Waals surface area contributed by atoms with Gasteiger partial charge in [0.2, 0.25) is 0 Å². The minimum Gasteiger partial charge on any atom is -0.462 e. The zero-order chi connectivity index (χ0) is 24.4. The Labute approximate surface area is 207 Å². The normalized spacial score (nSPS) is 18.4. The second-order valence-corrected chi connectivity index (χ2v) is 9.77. The summed E-state index contributed by atoms with van der Waals surface area (Å²) in [5.41, 5.74) is 3.23. The predicted octanol–water partition coefficient (Wildman–Crippen LogP) is 6.49. The topological polar surface area (TPSA) is 77.8 Å². The molecular formula is C24H26Cl2N2O4S. The highest BCUT2D eigenvalue weighted by Gasteiger charge is 2.42. The van der Waals surface area contributed by atoms with E-state index in [-0.39, 0.29) is 12.7 Å². The molecule has 2 aromatic rings. The van der Waals surface area contributed by atoms with Gasteiger partial charge in [0, 0.05) is 22.9 Å². The molecule has 1 aromatic carbocycles. The molecule has 0 fully saturated rings. The van der Waals surface area contributed by atoms with E-state index in [4.69, 9.17) is 32.7 Å². The van der Waals surface area contributed by atoms with E-state index in [1.807, 2.05) is 13.0 Å². The third kappa shape index (κ3) is 5.15. The predicted molar refractivity (Wildman–Crippen MR) is 132 cm³/mol. The fourth-order valence-corrected chi connectivity index (χ4v) is 5.44. The summed E-state index contributed by atoms with van der Waals surface area (Å²) in [6.07, 6.45) is -0.297. The third-order valence-electron chi connectivity index (χ3n) is 5.24.